The van der Waals surface area contributed by atoms with E-state index in [1.165, 1.54) is 11.8 Å². The number of nitrogens with zero attached hydrogens (tertiary/aromatic N) is 2. The van der Waals surface area contributed by atoms with Gasteiger partial charge in [0, 0.05) is 22.7 Å². The standard InChI is InChI=1S/C20H14N2O2S/c21-11-13-5-6-16(15-4-2-1-3-14(13)15)17-7-10-22-12-18(17)25-20(8-9-20)19(23)24/h1-7,10,12H,8-9H2,(H,23,24). The van der Waals surface area contributed by atoms with E-state index in [0.29, 0.717) is 18.4 Å². The molecule has 0 saturated heterocycles. The van der Waals surface area contributed by atoms with E-state index in [-0.39, 0.29) is 0 Å². The van der Waals surface area contributed by atoms with Crippen molar-refractivity contribution in [1.82, 2.24) is 4.98 Å². The molecule has 0 aliphatic heterocycles. The summed E-state index contributed by atoms with van der Waals surface area (Å²) >= 11 is 1.38. The van der Waals surface area contributed by atoms with Crippen LogP contribution in [0.1, 0.15) is 18.4 Å². The highest BCUT2D eigenvalue weighted by Crippen LogP contribution is 2.53. The van der Waals surface area contributed by atoms with Crippen molar-refractivity contribution < 1.29 is 9.90 Å². The Bertz CT molecular complexity index is 1040. The normalized spacial score (nSPS) is 14.8. The molecule has 1 aromatic heterocycles. The van der Waals surface area contributed by atoms with Crippen LogP contribution in [0.5, 0.6) is 0 Å². The molecule has 1 saturated carbocycles. The smallest absolute Gasteiger partial charge is 0.320 e. The SMILES string of the molecule is N#Cc1ccc(-c2ccncc2SC2(C(=O)O)CC2)c2ccccc12. The highest BCUT2D eigenvalue weighted by molar-refractivity contribution is 8.01. The van der Waals surface area contributed by atoms with Crippen molar-refractivity contribution in [3.8, 4) is 17.2 Å². The van der Waals surface area contributed by atoms with Gasteiger partial charge in [0.05, 0.1) is 11.6 Å². The van der Waals surface area contributed by atoms with Gasteiger partial charge in [0.2, 0.25) is 0 Å². The maximum absolute atomic E-state index is 11.6. The number of hydrogen-bond donors (Lipinski definition) is 1. The highest BCUT2D eigenvalue weighted by atomic mass is 32.2. The van der Waals surface area contributed by atoms with Crippen molar-refractivity contribution in [2.45, 2.75) is 22.5 Å². The number of aromatic nitrogens is 1. The van der Waals surface area contributed by atoms with Crippen LogP contribution in [0.2, 0.25) is 0 Å². The number of rotatable bonds is 4. The van der Waals surface area contributed by atoms with E-state index in [1.807, 2.05) is 42.5 Å². The maximum atomic E-state index is 11.6. The molecule has 4 rings (SSSR count). The lowest BCUT2D eigenvalue weighted by Gasteiger charge is -2.15. The van der Waals surface area contributed by atoms with E-state index in [1.54, 1.807) is 12.4 Å². The van der Waals surface area contributed by atoms with Gasteiger partial charge in [-0.15, -0.1) is 11.8 Å². The average molecular weight is 346 g/mol. The topological polar surface area (TPSA) is 74.0 Å². The molecule has 1 aliphatic rings. The number of carbonyl (C=O) groups is 1. The molecule has 2 aromatic carbocycles. The van der Waals surface area contributed by atoms with E-state index in [2.05, 4.69) is 11.1 Å². The largest absolute Gasteiger partial charge is 0.480 e. The van der Waals surface area contributed by atoms with Gasteiger partial charge in [0.1, 0.15) is 4.75 Å². The molecule has 1 fully saturated rings. The zero-order chi connectivity index (χ0) is 17.4. The first kappa shape index (κ1) is 15.7. The maximum Gasteiger partial charge on any atom is 0.320 e. The van der Waals surface area contributed by atoms with Crippen LogP contribution < -0.4 is 0 Å². The fourth-order valence-electron chi connectivity index (χ4n) is 3.00. The van der Waals surface area contributed by atoms with Crippen molar-refractivity contribution in [2.24, 2.45) is 0 Å². The summed E-state index contributed by atoms with van der Waals surface area (Å²) in [5, 5.41) is 20.7. The number of carboxylic acid groups (broad SMARTS) is 1. The summed E-state index contributed by atoms with van der Waals surface area (Å²) in [5.74, 6) is -0.767. The van der Waals surface area contributed by atoms with Crippen LogP contribution in [0.3, 0.4) is 0 Å². The van der Waals surface area contributed by atoms with Gasteiger partial charge in [-0.3, -0.25) is 9.78 Å². The minimum atomic E-state index is -0.767. The van der Waals surface area contributed by atoms with Gasteiger partial charge in [-0.05, 0) is 41.5 Å². The third-order valence-electron chi connectivity index (χ3n) is 4.52. The predicted molar refractivity (Wildman–Crippen MR) is 97.4 cm³/mol. The second-order valence-electron chi connectivity index (χ2n) is 6.09. The first-order valence-corrected chi connectivity index (χ1v) is 8.75. The van der Waals surface area contributed by atoms with Crippen molar-refractivity contribution in [2.75, 3.05) is 0 Å². The van der Waals surface area contributed by atoms with Gasteiger partial charge in [-0.1, -0.05) is 30.3 Å². The van der Waals surface area contributed by atoms with E-state index >= 15 is 0 Å². The number of carboxylic acids is 1. The molecule has 122 valence electrons. The quantitative estimate of drug-likeness (QED) is 0.754. The van der Waals surface area contributed by atoms with Gasteiger partial charge < -0.3 is 5.11 Å². The fraction of sp³-hybridized carbons (Fsp3) is 0.150. The average Bonchev–Trinajstić information content (AvgIpc) is 3.42. The van der Waals surface area contributed by atoms with E-state index < -0.39 is 10.7 Å². The fourth-order valence-corrected chi connectivity index (χ4v) is 4.21. The van der Waals surface area contributed by atoms with Gasteiger partial charge >= 0.3 is 5.97 Å². The summed E-state index contributed by atoms with van der Waals surface area (Å²) in [5.41, 5.74) is 2.57. The zero-order valence-corrected chi connectivity index (χ0v) is 14.1. The van der Waals surface area contributed by atoms with Crippen LogP contribution in [0, 0.1) is 11.3 Å². The molecule has 0 radical (unpaired) electrons. The Morgan fingerprint density at radius 1 is 1.12 bits per heavy atom. The highest BCUT2D eigenvalue weighted by Gasteiger charge is 2.51. The monoisotopic (exact) mass is 346 g/mol. The molecule has 1 N–H and O–H groups in total. The molecular formula is C20H14N2O2S. The van der Waals surface area contributed by atoms with Crippen LogP contribution in [0.15, 0.2) is 59.8 Å². The summed E-state index contributed by atoms with van der Waals surface area (Å²) in [6.45, 7) is 0. The molecule has 0 spiro atoms. The van der Waals surface area contributed by atoms with Crippen LogP contribution in [0.4, 0.5) is 0 Å². The molecule has 1 heterocycles. The first-order chi connectivity index (χ1) is 12.1. The Kier molecular flexibility index (Phi) is 3.70. The number of fused-ring (bicyclic) bond motifs is 1. The molecule has 3 aromatic rings. The minimum Gasteiger partial charge on any atom is -0.480 e. The summed E-state index contributed by atoms with van der Waals surface area (Å²) < 4.78 is -0.722. The molecule has 0 bridgehead atoms. The van der Waals surface area contributed by atoms with Crippen molar-refractivity contribution in [3.05, 3.63) is 60.4 Å². The Morgan fingerprint density at radius 2 is 1.88 bits per heavy atom. The Morgan fingerprint density at radius 3 is 2.56 bits per heavy atom. The van der Waals surface area contributed by atoms with E-state index in [9.17, 15) is 15.2 Å². The van der Waals surface area contributed by atoms with Crippen LogP contribution in [-0.2, 0) is 4.79 Å². The van der Waals surface area contributed by atoms with Crippen LogP contribution in [0.25, 0.3) is 21.9 Å². The lowest BCUT2D eigenvalue weighted by molar-refractivity contribution is -0.137. The summed E-state index contributed by atoms with van der Waals surface area (Å²) in [4.78, 5) is 16.6. The third kappa shape index (κ3) is 2.65. The second-order valence-corrected chi connectivity index (χ2v) is 7.52. The van der Waals surface area contributed by atoms with Gasteiger partial charge in [0.25, 0.3) is 0 Å². The van der Waals surface area contributed by atoms with Crippen molar-refractivity contribution >= 4 is 28.5 Å². The third-order valence-corrected chi connectivity index (χ3v) is 6.04. The molecule has 25 heavy (non-hydrogen) atoms. The Labute approximate surface area is 149 Å². The number of thioether (sulfide) groups is 1. The minimum absolute atomic E-state index is 0.631. The molecule has 0 unspecified atom stereocenters. The Balaban J connectivity index is 1.88. The van der Waals surface area contributed by atoms with Gasteiger partial charge in [-0.25, -0.2) is 0 Å². The van der Waals surface area contributed by atoms with Crippen molar-refractivity contribution in [3.63, 3.8) is 0 Å². The number of aliphatic carboxylic acids is 1. The summed E-state index contributed by atoms with van der Waals surface area (Å²) in [6.07, 6.45) is 4.80. The number of nitriles is 1. The molecule has 0 atom stereocenters. The van der Waals surface area contributed by atoms with Gasteiger partial charge in [0.15, 0.2) is 0 Å². The van der Waals surface area contributed by atoms with Crippen LogP contribution >= 0.6 is 11.8 Å². The van der Waals surface area contributed by atoms with Crippen LogP contribution in [-0.4, -0.2) is 20.8 Å². The second kappa shape index (κ2) is 5.91. The zero-order valence-electron chi connectivity index (χ0n) is 13.3. The Hall–Kier alpha value is -2.84. The molecule has 4 nitrogen and oxygen atoms in total. The first-order valence-electron chi connectivity index (χ1n) is 7.93. The predicted octanol–water partition coefficient (Wildman–Crippen LogP) is 4.48. The summed E-state index contributed by atoms with van der Waals surface area (Å²) in [7, 11) is 0. The molecular weight excluding hydrogens is 332 g/mol. The lowest BCUT2D eigenvalue weighted by atomic mass is 9.96. The molecule has 5 heteroatoms. The van der Waals surface area contributed by atoms with E-state index in [4.69, 9.17) is 0 Å². The molecule has 1 aliphatic carbocycles. The lowest BCUT2D eigenvalue weighted by Crippen LogP contribution is -2.17. The molecule has 0 amide bonds. The van der Waals surface area contributed by atoms with Crippen molar-refractivity contribution in [1.29, 1.82) is 5.26 Å². The van der Waals surface area contributed by atoms with E-state index in [0.717, 1.165) is 26.8 Å². The number of benzene rings is 2. The summed E-state index contributed by atoms with van der Waals surface area (Å²) in [6, 6.07) is 15.7. The number of hydrogen-bond acceptors (Lipinski definition) is 4. The number of pyridine rings is 1. The van der Waals surface area contributed by atoms with Gasteiger partial charge in [-0.2, -0.15) is 5.26 Å².